The SMILES string of the molecule is Cc1ccc(C(O)c2ccc(Cl)cn2)cc1C. The summed E-state index contributed by atoms with van der Waals surface area (Å²) in [5.41, 5.74) is 3.83. The van der Waals surface area contributed by atoms with Crippen LogP contribution in [0, 0.1) is 13.8 Å². The highest BCUT2D eigenvalue weighted by molar-refractivity contribution is 6.30. The Morgan fingerprint density at radius 2 is 1.88 bits per heavy atom. The fourth-order valence-corrected chi connectivity index (χ4v) is 1.77. The number of aromatic nitrogens is 1. The van der Waals surface area contributed by atoms with Crippen LogP contribution in [0.25, 0.3) is 0 Å². The van der Waals surface area contributed by atoms with Crippen molar-refractivity contribution in [2.24, 2.45) is 0 Å². The zero-order valence-electron chi connectivity index (χ0n) is 9.81. The number of hydrogen-bond donors (Lipinski definition) is 1. The van der Waals surface area contributed by atoms with Gasteiger partial charge < -0.3 is 5.11 Å². The Balaban J connectivity index is 2.33. The molecule has 88 valence electrons. The number of nitrogens with zero attached hydrogens (tertiary/aromatic N) is 1. The number of benzene rings is 1. The van der Waals surface area contributed by atoms with Crippen LogP contribution in [0.4, 0.5) is 0 Å². The number of hydrogen-bond acceptors (Lipinski definition) is 2. The first kappa shape index (κ1) is 12.1. The number of halogens is 1. The van der Waals surface area contributed by atoms with Crippen molar-refractivity contribution in [2.75, 3.05) is 0 Å². The van der Waals surface area contributed by atoms with Gasteiger partial charge in [0.15, 0.2) is 0 Å². The largest absolute Gasteiger partial charge is 0.382 e. The molecule has 2 nitrogen and oxygen atoms in total. The second kappa shape index (κ2) is 4.86. The van der Waals surface area contributed by atoms with Crippen molar-refractivity contribution in [3.8, 4) is 0 Å². The van der Waals surface area contributed by atoms with Crippen molar-refractivity contribution in [2.45, 2.75) is 20.0 Å². The lowest BCUT2D eigenvalue weighted by molar-refractivity contribution is 0.215. The Morgan fingerprint density at radius 3 is 2.47 bits per heavy atom. The molecular formula is C14H14ClNO. The first-order chi connectivity index (χ1) is 8.08. The molecule has 2 rings (SSSR count). The van der Waals surface area contributed by atoms with Gasteiger partial charge in [0.2, 0.25) is 0 Å². The third kappa shape index (κ3) is 2.65. The van der Waals surface area contributed by atoms with Crippen molar-refractivity contribution < 1.29 is 5.11 Å². The van der Waals surface area contributed by atoms with Gasteiger partial charge in [-0.3, -0.25) is 4.98 Å². The van der Waals surface area contributed by atoms with E-state index in [0.717, 1.165) is 11.1 Å². The van der Waals surface area contributed by atoms with E-state index in [-0.39, 0.29) is 0 Å². The van der Waals surface area contributed by atoms with Gasteiger partial charge in [-0.2, -0.15) is 0 Å². The smallest absolute Gasteiger partial charge is 0.121 e. The fourth-order valence-electron chi connectivity index (χ4n) is 1.65. The molecule has 0 saturated heterocycles. The average molecular weight is 248 g/mol. The van der Waals surface area contributed by atoms with Crippen LogP contribution in [0.3, 0.4) is 0 Å². The summed E-state index contributed by atoms with van der Waals surface area (Å²) in [4.78, 5) is 4.12. The highest BCUT2D eigenvalue weighted by Crippen LogP contribution is 2.23. The van der Waals surface area contributed by atoms with Crippen LogP contribution in [0.2, 0.25) is 5.02 Å². The Labute approximate surface area is 106 Å². The molecule has 3 heteroatoms. The minimum atomic E-state index is -0.702. The van der Waals surface area contributed by atoms with E-state index < -0.39 is 6.10 Å². The highest BCUT2D eigenvalue weighted by atomic mass is 35.5. The second-order valence-corrected chi connectivity index (χ2v) is 4.58. The standard InChI is InChI=1S/C14H14ClNO/c1-9-3-4-11(7-10(9)2)14(17)13-6-5-12(15)8-16-13/h3-8,14,17H,1-2H3. The summed E-state index contributed by atoms with van der Waals surface area (Å²) in [5, 5.41) is 10.8. The van der Waals surface area contributed by atoms with Crippen molar-refractivity contribution >= 4 is 11.6 Å². The summed E-state index contributed by atoms with van der Waals surface area (Å²) < 4.78 is 0. The molecule has 0 aliphatic heterocycles. The van der Waals surface area contributed by atoms with Gasteiger partial charge in [-0.1, -0.05) is 29.8 Å². The molecule has 1 atom stereocenters. The number of aliphatic hydroxyl groups excluding tert-OH is 1. The third-order valence-electron chi connectivity index (χ3n) is 2.88. The molecule has 2 aromatic rings. The van der Waals surface area contributed by atoms with Crippen LogP contribution in [-0.2, 0) is 0 Å². The van der Waals surface area contributed by atoms with E-state index >= 15 is 0 Å². The van der Waals surface area contributed by atoms with E-state index in [2.05, 4.69) is 4.98 Å². The lowest BCUT2D eigenvalue weighted by Crippen LogP contribution is -2.02. The van der Waals surface area contributed by atoms with Crippen LogP contribution < -0.4 is 0 Å². The molecule has 1 aromatic carbocycles. The van der Waals surface area contributed by atoms with E-state index in [4.69, 9.17) is 11.6 Å². The van der Waals surface area contributed by atoms with E-state index in [1.54, 1.807) is 18.3 Å². The Bertz CT molecular complexity index is 522. The number of rotatable bonds is 2. The maximum Gasteiger partial charge on any atom is 0.121 e. The third-order valence-corrected chi connectivity index (χ3v) is 3.10. The summed E-state index contributed by atoms with van der Waals surface area (Å²) in [6.45, 7) is 4.08. The quantitative estimate of drug-likeness (QED) is 0.882. The lowest BCUT2D eigenvalue weighted by atomic mass is 10.0. The first-order valence-electron chi connectivity index (χ1n) is 5.44. The molecule has 17 heavy (non-hydrogen) atoms. The van der Waals surface area contributed by atoms with Gasteiger partial charge in [-0.25, -0.2) is 0 Å². The lowest BCUT2D eigenvalue weighted by Gasteiger charge is -2.12. The number of pyridine rings is 1. The molecule has 0 bridgehead atoms. The second-order valence-electron chi connectivity index (χ2n) is 4.15. The van der Waals surface area contributed by atoms with E-state index in [9.17, 15) is 5.11 Å². The van der Waals surface area contributed by atoms with Crippen molar-refractivity contribution in [1.82, 2.24) is 4.98 Å². The maximum atomic E-state index is 10.2. The van der Waals surface area contributed by atoms with Gasteiger partial charge in [0.25, 0.3) is 0 Å². The predicted octanol–water partition coefficient (Wildman–Crippen LogP) is 3.43. The number of aliphatic hydroxyl groups is 1. The molecule has 1 N–H and O–H groups in total. The molecule has 0 saturated carbocycles. The van der Waals surface area contributed by atoms with Crippen molar-refractivity contribution in [3.05, 3.63) is 63.9 Å². The average Bonchev–Trinajstić information content (AvgIpc) is 2.33. The van der Waals surface area contributed by atoms with Gasteiger partial charge in [0.1, 0.15) is 6.10 Å². The first-order valence-corrected chi connectivity index (χ1v) is 5.82. The van der Waals surface area contributed by atoms with Gasteiger partial charge in [-0.05, 0) is 42.7 Å². The topological polar surface area (TPSA) is 33.1 Å². The van der Waals surface area contributed by atoms with Crippen LogP contribution in [0.1, 0.15) is 28.5 Å². The zero-order valence-corrected chi connectivity index (χ0v) is 10.6. The summed E-state index contributed by atoms with van der Waals surface area (Å²) in [6, 6.07) is 9.37. The van der Waals surface area contributed by atoms with E-state index in [1.807, 2.05) is 32.0 Å². The molecule has 0 aliphatic rings. The molecule has 1 unspecified atom stereocenters. The maximum absolute atomic E-state index is 10.2. The van der Waals surface area contributed by atoms with E-state index in [0.29, 0.717) is 10.7 Å². The van der Waals surface area contributed by atoms with Crippen LogP contribution >= 0.6 is 11.6 Å². The Morgan fingerprint density at radius 1 is 1.12 bits per heavy atom. The van der Waals surface area contributed by atoms with Gasteiger partial charge in [-0.15, -0.1) is 0 Å². The molecule has 0 aliphatic carbocycles. The highest BCUT2D eigenvalue weighted by Gasteiger charge is 2.12. The Hall–Kier alpha value is -1.38. The summed E-state index contributed by atoms with van der Waals surface area (Å²) >= 11 is 5.76. The van der Waals surface area contributed by atoms with E-state index in [1.165, 1.54) is 5.56 Å². The summed E-state index contributed by atoms with van der Waals surface area (Å²) in [5.74, 6) is 0. The molecule has 0 radical (unpaired) electrons. The molecule has 0 spiro atoms. The monoisotopic (exact) mass is 247 g/mol. The van der Waals surface area contributed by atoms with Gasteiger partial charge in [0, 0.05) is 6.20 Å². The minimum absolute atomic E-state index is 0.570. The van der Waals surface area contributed by atoms with Crippen LogP contribution in [-0.4, -0.2) is 10.1 Å². The normalized spacial score (nSPS) is 12.5. The molecule has 1 heterocycles. The summed E-state index contributed by atoms with van der Waals surface area (Å²) in [6.07, 6.45) is 0.841. The van der Waals surface area contributed by atoms with Gasteiger partial charge in [0.05, 0.1) is 10.7 Å². The van der Waals surface area contributed by atoms with Crippen LogP contribution in [0.15, 0.2) is 36.5 Å². The molecule has 0 fully saturated rings. The van der Waals surface area contributed by atoms with Crippen LogP contribution in [0.5, 0.6) is 0 Å². The number of aryl methyl sites for hydroxylation is 2. The molecule has 1 aromatic heterocycles. The van der Waals surface area contributed by atoms with Crippen molar-refractivity contribution in [3.63, 3.8) is 0 Å². The minimum Gasteiger partial charge on any atom is -0.382 e. The predicted molar refractivity (Wildman–Crippen MR) is 69.2 cm³/mol. The van der Waals surface area contributed by atoms with Gasteiger partial charge >= 0.3 is 0 Å². The zero-order chi connectivity index (χ0) is 12.4. The molecule has 0 amide bonds. The molecular weight excluding hydrogens is 234 g/mol. The Kier molecular flexibility index (Phi) is 3.46. The fraction of sp³-hybridized carbons (Fsp3) is 0.214. The van der Waals surface area contributed by atoms with Crippen molar-refractivity contribution in [1.29, 1.82) is 0 Å². The summed E-state index contributed by atoms with van der Waals surface area (Å²) in [7, 11) is 0.